The highest BCUT2D eigenvalue weighted by Crippen LogP contribution is 2.49. The lowest BCUT2D eigenvalue weighted by molar-refractivity contribution is 0.174. The van der Waals surface area contributed by atoms with Gasteiger partial charge >= 0.3 is 0 Å². The molecule has 3 N–H and O–H groups in total. The van der Waals surface area contributed by atoms with Gasteiger partial charge in [-0.25, -0.2) is 0 Å². The first kappa shape index (κ1) is 22.2. The predicted molar refractivity (Wildman–Crippen MR) is 135 cm³/mol. The maximum absolute atomic E-state index is 10.6. The van der Waals surface area contributed by atoms with Crippen molar-refractivity contribution in [3.63, 3.8) is 0 Å². The Hall–Kier alpha value is -2.04. The summed E-state index contributed by atoms with van der Waals surface area (Å²) in [4.78, 5) is 5.28. The Balaban J connectivity index is 0.00000231. The Morgan fingerprint density at radius 1 is 1.13 bits per heavy atom. The predicted octanol–water partition coefficient (Wildman–Crippen LogP) is 4.18. The number of nitrogens with one attached hydrogen (secondary N) is 2. The number of aliphatic hydroxyl groups is 1. The molecule has 2 aromatic carbocycles. The van der Waals surface area contributed by atoms with E-state index in [-0.39, 0.29) is 29.4 Å². The van der Waals surface area contributed by atoms with Gasteiger partial charge in [-0.3, -0.25) is 4.99 Å². The van der Waals surface area contributed by atoms with Gasteiger partial charge in [-0.05, 0) is 48.1 Å². The first-order valence-electron chi connectivity index (χ1n) is 10.2. The molecule has 1 saturated carbocycles. The first-order valence-corrected chi connectivity index (χ1v) is 11.0. The summed E-state index contributed by atoms with van der Waals surface area (Å²) in [7, 11) is 1.75. The lowest BCUT2D eigenvalue weighted by Crippen LogP contribution is -2.42. The minimum Gasteiger partial charge on any atom is -0.454 e. The molecule has 31 heavy (non-hydrogen) atoms. The molecule has 1 aliphatic heterocycles. The first-order chi connectivity index (χ1) is 14.7. The molecule has 0 spiro atoms. The quantitative estimate of drug-likeness (QED) is 0.244. The molecule has 0 bridgehead atoms. The molecule has 164 valence electrons. The van der Waals surface area contributed by atoms with Crippen LogP contribution in [-0.4, -0.2) is 38.0 Å². The van der Waals surface area contributed by atoms with E-state index in [0.717, 1.165) is 35.8 Å². The van der Waals surface area contributed by atoms with Crippen LogP contribution in [0, 0.1) is 0 Å². The molecular weight excluding hydrogens is 525 g/mol. The zero-order valence-corrected chi connectivity index (χ0v) is 20.4. The lowest BCUT2D eigenvalue weighted by Gasteiger charge is -2.20. The number of hydrogen-bond donors (Lipinski definition) is 3. The van der Waals surface area contributed by atoms with Crippen molar-refractivity contribution in [1.29, 1.82) is 0 Å². The molecule has 5 rings (SSSR count). The van der Waals surface area contributed by atoms with E-state index in [1.165, 1.54) is 15.6 Å². The van der Waals surface area contributed by atoms with Gasteiger partial charge in [0.15, 0.2) is 17.5 Å². The van der Waals surface area contributed by atoms with E-state index in [1.807, 2.05) is 18.2 Å². The number of fused-ring (bicyclic) bond motifs is 2. The van der Waals surface area contributed by atoms with Crippen LogP contribution in [0.1, 0.15) is 29.4 Å². The lowest BCUT2D eigenvalue weighted by atomic mass is 9.95. The smallest absolute Gasteiger partial charge is 0.231 e. The van der Waals surface area contributed by atoms with Crippen LogP contribution in [0.15, 0.2) is 53.5 Å². The van der Waals surface area contributed by atoms with Crippen LogP contribution in [0.5, 0.6) is 11.5 Å². The maximum atomic E-state index is 10.6. The monoisotopic (exact) mass is 551 g/mol. The summed E-state index contributed by atoms with van der Waals surface area (Å²) in [6.45, 7) is 1.48. The van der Waals surface area contributed by atoms with Crippen LogP contribution in [-0.2, 0) is 5.41 Å². The standard InChI is InChI=1S/C23H25N3O3S.HI/c1-24-22(25-12-17(27)21-10-15-4-2-3-5-20(15)30-21)26-13-23(8-9-23)16-6-7-18-19(11-16)29-14-28-18;/h2-7,10-11,17,27H,8-9,12-14H2,1H3,(H2,24,25,26);1H. The maximum Gasteiger partial charge on any atom is 0.231 e. The summed E-state index contributed by atoms with van der Waals surface area (Å²) in [5.74, 6) is 2.34. The van der Waals surface area contributed by atoms with Gasteiger partial charge in [-0.15, -0.1) is 35.3 Å². The van der Waals surface area contributed by atoms with Crippen molar-refractivity contribution in [3.8, 4) is 11.5 Å². The molecule has 1 atom stereocenters. The van der Waals surface area contributed by atoms with E-state index in [2.05, 4.69) is 46.0 Å². The van der Waals surface area contributed by atoms with E-state index in [4.69, 9.17) is 9.47 Å². The van der Waals surface area contributed by atoms with E-state index in [1.54, 1.807) is 18.4 Å². The molecule has 2 aliphatic rings. The molecule has 1 aromatic heterocycles. The van der Waals surface area contributed by atoms with Crippen LogP contribution in [0.3, 0.4) is 0 Å². The number of ether oxygens (including phenoxy) is 2. The molecule has 6 nitrogen and oxygen atoms in total. The van der Waals surface area contributed by atoms with E-state index >= 15 is 0 Å². The van der Waals surface area contributed by atoms with Crippen LogP contribution < -0.4 is 20.1 Å². The van der Waals surface area contributed by atoms with Gasteiger partial charge in [-0.1, -0.05) is 24.3 Å². The fourth-order valence-corrected chi connectivity index (χ4v) is 4.93. The molecule has 0 saturated heterocycles. The molecule has 1 unspecified atom stereocenters. The molecule has 0 radical (unpaired) electrons. The third-order valence-corrected chi connectivity index (χ3v) is 7.11. The Labute approximate surface area is 202 Å². The summed E-state index contributed by atoms with van der Waals surface area (Å²) in [5.41, 5.74) is 1.36. The number of nitrogens with zero attached hydrogens (tertiary/aromatic N) is 1. The third kappa shape index (κ3) is 4.61. The fraction of sp³-hybridized carbons (Fsp3) is 0.348. The molecule has 1 aliphatic carbocycles. The van der Waals surface area contributed by atoms with Crippen LogP contribution >= 0.6 is 35.3 Å². The number of aliphatic imine (C=N–C) groups is 1. The number of rotatable bonds is 6. The highest BCUT2D eigenvalue weighted by atomic mass is 127. The van der Waals surface area contributed by atoms with Gasteiger partial charge in [-0.2, -0.15) is 0 Å². The van der Waals surface area contributed by atoms with Gasteiger partial charge in [0.1, 0.15) is 6.10 Å². The highest BCUT2D eigenvalue weighted by Gasteiger charge is 2.44. The number of benzene rings is 2. The normalized spacial score (nSPS) is 17.2. The number of guanidine groups is 1. The van der Waals surface area contributed by atoms with Crippen LogP contribution in [0.2, 0.25) is 0 Å². The van der Waals surface area contributed by atoms with E-state index in [9.17, 15) is 5.11 Å². The molecule has 1 fully saturated rings. The molecule has 3 aromatic rings. The average molecular weight is 551 g/mol. The topological polar surface area (TPSA) is 75.1 Å². The second-order valence-corrected chi connectivity index (χ2v) is 8.97. The van der Waals surface area contributed by atoms with E-state index < -0.39 is 6.10 Å². The fourth-order valence-electron chi connectivity index (χ4n) is 3.88. The SMILES string of the molecule is CN=C(NCC(O)c1cc2ccccc2s1)NCC1(c2ccc3c(c2)OCO3)CC1.I. The minimum absolute atomic E-state index is 0. The van der Waals surface area contributed by atoms with Crippen LogP contribution in [0.4, 0.5) is 0 Å². The largest absolute Gasteiger partial charge is 0.454 e. The summed E-state index contributed by atoms with van der Waals surface area (Å²) in [6, 6.07) is 16.5. The highest BCUT2D eigenvalue weighted by molar-refractivity contribution is 14.0. The number of halogens is 1. The minimum atomic E-state index is -0.579. The summed E-state index contributed by atoms with van der Waals surface area (Å²) >= 11 is 1.63. The van der Waals surface area contributed by atoms with Gasteiger partial charge in [0.25, 0.3) is 0 Å². The van der Waals surface area contributed by atoms with Crippen molar-refractivity contribution >= 4 is 51.4 Å². The van der Waals surface area contributed by atoms with Crippen molar-refractivity contribution in [3.05, 3.63) is 59.0 Å². The van der Waals surface area contributed by atoms with Gasteiger partial charge in [0.05, 0.1) is 0 Å². The summed E-state index contributed by atoms with van der Waals surface area (Å²) in [5, 5.41) is 18.5. The van der Waals surface area contributed by atoms with Gasteiger partial charge in [0, 0.05) is 35.1 Å². The second-order valence-electron chi connectivity index (χ2n) is 7.86. The molecular formula is C23H26IN3O3S. The van der Waals surface area contributed by atoms with Crippen molar-refractivity contribution in [2.45, 2.75) is 24.4 Å². The Kier molecular flexibility index (Phi) is 6.59. The molecule has 0 amide bonds. The average Bonchev–Trinajstić information content (AvgIpc) is 3.22. The zero-order chi connectivity index (χ0) is 20.6. The Bertz CT molecular complexity index is 1060. The van der Waals surface area contributed by atoms with Crippen molar-refractivity contribution in [2.75, 3.05) is 26.9 Å². The molecule has 2 heterocycles. The third-order valence-electron chi connectivity index (χ3n) is 5.89. The summed E-state index contributed by atoms with van der Waals surface area (Å²) in [6.07, 6.45) is 1.67. The van der Waals surface area contributed by atoms with Crippen molar-refractivity contribution in [1.82, 2.24) is 10.6 Å². The number of aliphatic hydroxyl groups excluding tert-OH is 1. The Morgan fingerprint density at radius 2 is 1.94 bits per heavy atom. The van der Waals surface area contributed by atoms with Gasteiger partial charge < -0.3 is 25.2 Å². The van der Waals surface area contributed by atoms with Crippen molar-refractivity contribution in [2.24, 2.45) is 4.99 Å². The number of thiophene rings is 1. The zero-order valence-electron chi connectivity index (χ0n) is 17.3. The van der Waals surface area contributed by atoms with Crippen molar-refractivity contribution < 1.29 is 14.6 Å². The Morgan fingerprint density at radius 3 is 2.71 bits per heavy atom. The van der Waals surface area contributed by atoms with Gasteiger partial charge in [0.2, 0.25) is 6.79 Å². The second kappa shape index (κ2) is 9.22. The van der Waals surface area contributed by atoms with Crippen LogP contribution in [0.25, 0.3) is 10.1 Å². The molecule has 8 heteroatoms. The summed E-state index contributed by atoms with van der Waals surface area (Å²) < 4.78 is 12.1. The number of hydrogen-bond acceptors (Lipinski definition) is 5. The van der Waals surface area contributed by atoms with E-state index in [0.29, 0.717) is 19.3 Å².